The predicted octanol–water partition coefficient (Wildman–Crippen LogP) is 2.04. The lowest BCUT2D eigenvalue weighted by molar-refractivity contribution is -0.148. The van der Waals surface area contributed by atoms with E-state index in [1.807, 2.05) is 6.92 Å². The lowest BCUT2D eigenvalue weighted by atomic mass is 9.97. The Hall–Kier alpha value is -0.610. The number of likely N-dealkylation sites (N-methyl/N-ethyl adjacent to an activating group) is 1. The van der Waals surface area contributed by atoms with Gasteiger partial charge in [0.05, 0.1) is 7.11 Å². The van der Waals surface area contributed by atoms with E-state index in [1.54, 1.807) is 0 Å². The topological polar surface area (TPSA) is 41.6 Å². The Labute approximate surface area is 117 Å². The highest BCUT2D eigenvalue weighted by Crippen LogP contribution is 2.34. The first-order valence-electron chi connectivity index (χ1n) is 7.56. The third-order valence-corrected chi connectivity index (χ3v) is 4.10. The summed E-state index contributed by atoms with van der Waals surface area (Å²) in [6.07, 6.45) is 2.82. The number of rotatable bonds is 7. The average molecular weight is 270 g/mol. The number of ether oxygens (including phenoxy) is 1. The standard InChI is InChI=1S/C15H30N2O2/c1-6-16-15(14(18)19-5)9-8-13(10-15)17(7-2)11-12(3)4/h12-13,16H,6-11H2,1-5H3. The number of carbonyl (C=O) groups is 1. The Balaban J connectivity index is 2.74. The van der Waals surface area contributed by atoms with Crippen LogP contribution in [0.3, 0.4) is 0 Å². The van der Waals surface area contributed by atoms with Gasteiger partial charge in [-0.05, 0) is 38.3 Å². The van der Waals surface area contributed by atoms with E-state index in [2.05, 4.69) is 31.0 Å². The van der Waals surface area contributed by atoms with Gasteiger partial charge in [0.2, 0.25) is 0 Å². The van der Waals surface area contributed by atoms with Crippen LogP contribution in [0.5, 0.6) is 0 Å². The van der Waals surface area contributed by atoms with Crippen molar-refractivity contribution in [3.05, 3.63) is 0 Å². The van der Waals surface area contributed by atoms with Crippen LogP contribution in [0.4, 0.5) is 0 Å². The summed E-state index contributed by atoms with van der Waals surface area (Å²) < 4.78 is 5.01. The molecule has 2 unspecified atom stereocenters. The van der Waals surface area contributed by atoms with Crippen LogP contribution in [-0.4, -0.2) is 49.2 Å². The molecular weight excluding hydrogens is 240 g/mol. The molecule has 0 aromatic carbocycles. The fourth-order valence-electron chi connectivity index (χ4n) is 3.29. The van der Waals surface area contributed by atoms with Crippen molar-refractivity contribution >= 4 is 5.97 Å². The summed E-state index contributed by atoms with van der Waals surface area (Å²) in [5, 5.41) is 3.37. The Morgan fingerprint density at radius 3 is 2.63 bits per heavy atom. The summed E-state index contributed by atoms with van der Waals surface area (Å²) in [5.74, 6) is 0.560. The molecule has 0 aromatic rings. The van der Waals surface area contributed by atoms with Gasteiger partial charge in [-0.1, -0.05) is 27.7 Å². The van der Waals surface area contributed by atoms with Gasteiger partial charge in [-0.2, -0.15) is 0 Å². The maximum atomic E-state index is 12.1. The van der Waals surface area contributed by atoms with E-state index in [0.29, 0.717) is 12.0 Å². The van der Waals surface area contributed by atoms with E-state index in [9.17, 15) is 4.79 Å². The van der Waals surface area contributed by atoms with Crippen LogP contribution in [0, 0.1) is 5.92 Å². The second kappa shape index (κ2) is 7.25. The minimum absolute atomic E-state index is 0.0996. The minimum Gasteiger partial charge on any atom is -0.468 e. The predicted molar refractivity (Wildman–Crippen MR) is 78.1 cm³/mol. The Morgan fingerprint density at radius 2 is 2.16 bits per heavy atom. The molecule has 4 nitrogen and oxygen atoms in total. The molecule has 1 saturated carbocycles. The number of hydrogen-bond donors (Lipinski definition) is 1. The summed E-state index contributed by atoms with van der Waals surface area (Å²) in [6.45, 7) is 11.7. The molecule has 1 fully saturated rings. The van der Waals surface area contributed by atoms with Gasteiger partial charge in [0.15, 0.2) is 0 Å². The molecule has 19 heavy (non-hydrogen) atoms. The van der Waals surface area contributed by atoms with E-state index in [-0.39, 0.29) is 5.97 Å². The average Bonchev–Trinajstić information content (AvgIpc) is 2.80. The first-order valence-corrected chi connectivity index (χ1v) is 7.56. The van der Waals surface area contributed by atoms with E-state index >= 15 is 0 Å². The van der Waals surface area contributed by atoms with Gasteiger partial charge in [0.1, 0.15) is 5.54 Å². The van der Waals surface area contributed by atoms with Crippen molar-refractivity contribution in [1.82, 2.24) is 10.2 Å². The quantitative estimate of drug-likeness (QED) is 0.719. The monoisotopic (exact) mass is 270 g/mol. The van der Waals surface area contributed by atoms with Crippen LogP contribution >= 0.6 is 0 Å². The molecule has 0 bridgehead atoms. The third-order valence-electron chi connectivity index (χ3n) is 4.10. The van der Waals surface area contributed by atoms with Crippen LogP contribution in [0.2, 0.25) is 0 Å². The zero-order valence-electron chi connectivity index (χ0n) is 13.2. The highest BCUT2D eigenvalue weighted by Gasteiger charge is 2.46. The second-order valence-electron chi connectivity index (χ2n) is 5.98. The molecular formula is C15H30N2O2. The molecule has 0 aliphatic heterocycles. The number of methoxy groups -OCH3 is 1. The molecule has 0 spiro atoms. The van der Waals surface area contributed by atoms with Crippen LogP contribution in [0.25, 0.3) is 0 Å². The minimum atomic E-state index is -0.460. The van der Waals surface area contributed by atoms with Crippen molar-refractivity contribution in [1.29, 1.82) is 0 Å². The Kier molecular flexibility index (Phi) is 6.27. The molecule has 1 rings (SSSR count). The second-order valence-corrected chi connectivity index (χ2v) is 5.98. The fourth-order valence-corrected chi connectivity index (χ4v) is 3.29. The summed E-state index contributed by atoms with van der Waals surface area (Å²) in [5.41, 5.74) is -0.460. The normalized spacial score (nSPS) is 27.2. The number of nitrogens with one attached hydrogen (secondary N) is 1. The molecule has 0 saturated heterocycles. The van der Waals surface area contributed by atoms with Gasteiger partial charge in [0, 0.05) is 12.6 Å². The van der Waals surface area contributed by atoms with Crippen molar-refractivity contribution in [2.75, 3.05) is 26.7 Å². The van der Waals surface area contributed by atoms with E-state index in [4.69, 9.17) is 4.74 Å². The number of esters is 1. The van der Waals surface area contributed by atoms with Crippen molar-refractivity contribution in [2.24, 2.45) is 5.92 Å². The van der Waals surface area contributed by atoms with Crippen LogP contribution in [0.15, 0.2) is 0 Å². The SMILES string of the molecule is CCNC1(C(=O)OC)CCC(N(CC)CC(C)C)C1. The molecule has 0 aromatic heterocycles. The highest BCUT2D eigenvalue weighted by atomic mass is 16.5. The van der Waals surface area contributed by atoms with E-state index in [1.165, 1.54) is 7.11 Å². The van der Waals surface area contributed by atoms with Gasteiger partial charge in [-0.25, -0.2) is 0 Å². The van der Waals surface area contributed by atoms with E-state index in [0.717, 1.165) is 38.9 Å². The molecule has 1 N–H and O–H groups in total. The summed E-state index contributed by atoms with van der Waals surface area (Å²) in [6, 6.07) is 0.491. The first kappa shape index (κ1) is 16.4. The highest BCUT2D eigenvalue weighted by molar-refractivity contribution is 5.81. The number of hydrogen-bond acceptors (Lipinski definition) is 4. The Bertz CT molecular complexity index is 294. The smallest absolute Gasteiger partial charge is 0.326 e. The first-order chi connectivity index (χ1) is 8.99. The molecule has 2 atom stereocenters. The number of nitrogens with zero attached hydrogens (tertiary/aromatic N) is 1. The zero-order chi connectivity index (χ0) is 14.5. The van der Waals surface area contributed by atoms with Crippen molar-refractivity contribution < 1.29 is 9.53 Å². The van der Waals surface area contributed by atoms with Crippen molar-refractivity contribution in [3.63, 3.8) is 0 Å². The van der Waals surface area contributed by atoms with Crippen LogP contribution in [0.1, 0.15) is 47.0 Å². The van der Waals surface area contributed by atoms with Crippen molar-refractivity contribution in [3.8, 4) is 0 Å². The largest absolute Gasteiger partial charge is 0.468 e. The fraction of sp³-hybridized carbons (Fsp3) is 0.933. The molecule has 0 heterocycles. The molecule has 0 radical (unpaired) electrons. The summed E-state index contributed by atoms with van der Waals surface area (Å²) in [7, 11) is 1.49. The Morgan fingerprint density at radius 1 is 1.47 bits per heavy atom. The lowest BCUT2D eigenvalue weighted by Crippen LogP contribution is -2.52. The van der Waals surface area contributed by atoms with Crippen LogP contribution < -0.4 is 5.32 Å². The van der Waals surface area contributed by atoms with Gasteiger partial charge in [-0.3, -0.25) is 4.79 Å². The molecule has 4 heteroatoms. The maximum absolute atomic E-state index is 12.1. The van der Waals surface area contributed by atoms with Gasteiger partial charge in [0.25, 0.3) is 0 Å². The number of carbonyl (C=O) groups excluding carboxylic acids is 1. The van der Waals surface area contributed by atoms with Gasteiger partial charge in [-0.15, -0.1) is 0 Å². The summed E-state index contributed by atoms with van der Waals surface area (Å²) >= 11 is 0. The van der Waals surface area contributed by atoms with Gasteiger partial charge < -0.3 is 15.0 Å². The zero-order valence-corrected chi connectivity index (χ0v) is 13.2. The lowest BCUT2D eigenvalue weighted by Gasteiger charge is -2.32. The molecule has 1 aliphatic rings. The van der Waals surface area contributed by atoms with E-state index < -0.39 is 5.54 Å². The summed E-state index contributed by atoms with van der Waals surface area (Å²) in [4.78, 5) is 14.6. The maximum Gasteiger partial charge on any atom is 0.326 e. The molecule has 112 valence electrons. The van der Waals surface area contributed by atoms with Gasteiger partial charge >= 0.3 is 5.97 Å². The van der Waals surface area contributed by atoms with Crippen molar-refractivity contribution in [2.45, 2.75) is 58.5 Å². The molecule has 1 aliphatic carbocycles. The van der Waals surface area contributed by atoms with Crippen LogP contribution in [-0.2, 0) is 9.53 Å². The molecule has 0 amide bonds. The third kappa shape index (κ3) is 3.93.